The topological polar surface area (TPSA) is 118 Å². The predicted molar refractivity (Wildman–Crippen MR) is 68.1 cm³/mol. The van der Waals surface area contributed by atoms with E-state index in [1.165, 1.54) is 0 Å². The fraction of sp³-hybridized carbons (Fsp3) is 1.00. The molecular weight excluding hydrogens is 349 g/mol. The number of nitrogens with zero attached hydrogens (tertiary/aromatic N) is 1. The van der Waals surface area contributed by atoms with Gasteiger partial charge in [0.25, 0.3) is 0 Å². The van der Waals surface area contributed by atoms with Crippen LogP contribution in [0.1, 0.15) is 13.8 Å². The van der Waals surface area contributed by atoms with Gasteiger partial charge in [0.1, 0.15) is 12.6 Å². The molecule has 0 spiro atoms. The Balaban J connectivity index is -0.000000282. The molecule has 0 aliphatic heterocycles. The molecule has 0 heterocycles. The van der Waals surface area contributed by atoms with Crippen LogP contribution in [0.5, 0.6) is 0 Å². The first kappa shape index (κ1) is 30.1. The van der Waals surface area contributed by atoms with Crippen LogP contribution in [0, 0.1) is 0 Å². The molecule has 12 heteroatoms. The van der Waals surface area contributed by atoms with Crippen LogP contribution in [-0.2, 0) is 9.13 Å². The van der Waals surface area contributed by atoms with E-state index in [2.05, 4.69) is 0 Å². The molecule has 7 nitrogen and oxygen atoms in total. The average molecular weight is 364 g/mol. The largest absolute Gasteiger partial charge is 0.339 e. The predicted octanol–water partition coefficient (Wildman–Crippen LogP) is -1.18. The summed E-state index contributed by atoms with van der Waals surface area (Å²) in [5, 5.41) is 0. The second kappa shape index (κ2) is 13.6. The minimum Gasteiger partial charge on any atom is -0.324 e. The molecule has 0 bridgehead atoms. The molecule has 0 rings (SSSR count). The van der Waals surface area contributed by atoms with Gasteiger partial charge in [0, 0.05) is 160 Å². The van der Waals surface area contributed by atoms with E-state index in [0.717, 1.165) is 4.90 Å². The molecule has 0 aromatic heterocycles. The minimum absolute atomic E-state index is 0. The monoisotopic (exact) mass is 364 g/mol. The molecule has 3 radical (unpaired) electrons. The van der Waals surface area contributed by atoms with Gasteiger partial charge in [0.2, 0.25) is 0 Å². The fourth-order valence-corrected chi connectivity index (χ4v) is 2.80. The first-order chi connectivity index (χ1) is 6.01. The summed E-state index contributed by atoms with van der Waals surface area (Å²) in [5.41, 5.74) is 0. The van der Waals surface area contributed by atoms with Crippen LogP contribution < -0.4 is 0 Å². The Hall–Kier alpha value is 5.17. The number of hydrogen-bond acceptors (Lipinski definition) is 3. The molecule has 0 atom stereocenters. The molecule has 0 amide bonds. The summed E-state index contributed by atoms with van der Waals surface area (Å²) < 4.78 is 21.3. The van der Waals surface area contributed by atoms with Crippen LogP contribution in [-0.4, -0.2) is 197 Å². The quantitative estimate of drug-likeness (QED) is 0.358. The van der Waals surface area contributed by atoms with Crippen molar-refractivity contribution >= 4 is 169 Å². The van der Waals surface area contributed by atoms with Crippen molar-refractivity contribution in [3.63, 3.8) is 0 Å². The normalized spacial score (nSPS) is 11.5. The van der Waals surface area contributed by atoms with Crippen molar-refractivity contribution in [3.05, 3.63) is 0 Å². The second-order valence-corrected chi connectivity index (χ2v) is 6.52. The number of hydrogen-bond donors (Lipinski definition) is 4. The summed E-state index contributed by atoms with van der Waals surface area (Å²) in [5.74, 6) is 0. The third-order valence-electron chi connectivity index (χ3n) is 1.46. The maximum absolute atomic E-state index is 10.6. The summed E-state index contributed by atoms with van der Waals surface area (Å²) in [6, 6.07) is -0.338. The van der Waals surface area contributed by atoms with Crippen molar-refractivity contribution in [1.82, 2.24) is 4.90 Å². The SMILES string of the molecule is CC(C)N(CP(=O)(O)O)CP(=O)(O)O.[K].[K].[K]. The van der Waals surface area contributed by atoms with Crippen molar-refractivity contribution in [3.8, 4) is 0 Å². The van der Waals surface area contributed by atoms with E-state index in [9.17, 15) is 9.13 Å². The summed E-state index contributed by atoms with van der Waals surface area (Å²) in [7, 11) is -8.56. The molecular formula is C5H15K3NO6P2. The summed E-state index contributed by atoms with van der Waals surface area (Å²) in [6.45, 7) is 3.20. The smallest absolute Gasteiger partial charge is 0.324 e. The first-order valence-corrected chi connectivity index (χ1v) is 7.44. The van der Waals surface area contributed by atoms with Crippen molar-refractivity contribution in [2.75, 3.05) is 12.6 Å². The van der Waals surface area contributed by atoms with Crippen LogP contribution in [0.4, 0.5) is 0 Å². The molecule has 0 aromatic carbocycles. The van der Waals surface area contributed by atoms with Gasteiger partial charge < -0.3 is 19.6 Å². The van der Waals surface area contributed by atoms with Crippen LogP contribution in [0.3, 0.4) is 0 Å². The zero-order chi connectivity index (χ0) is 11.6. The van der Waals surface area contributed by atoms with Gasteiger partial charge in [-0.15, -0.1) is 0 Å². The molecule has 0 aliphatic carbocycles. The van der Waals surface area contributed by atoms with E-state index in [4.69, 9.17) is 19.6 Å². The second-order valence-electron chi connectivity index (χ2n) is 3.29. The molecule has 0 fully saturated rings. The fourth-order valence-electron chi connectivity index (χ4n) is 0.845. The van der Waals surface area contributed by atoms with Crippen LogP contribution in [0.15, 0.2) is 0 Å². The number of rotatable bonds is 5. The van der Waals surface area contributed by atoms with Gasteiger partial charge in [-0.1, -0.05) is 0 Å². The molecule has 0 saturated carbocycles. The van der Waals surface area contributed by atoms with Gasteiger partial charge in [-0.2, -0.15) is 0 Å². The Kier molecular flexibility index (Phi) is 24.1. The van der Waals surface area contributed by atoms with Gasteiger partial charge in [-0.25, -0.2) is 0 Å². The van der Waals surface area contributed by atoms with Crippen molar-refractivity contribution in [1.29, 1.82) is 0 Å². The van der Waals surface area contributed by atoms with Gasteiger partial charge in [0.05, 0.1) is 0 Å². The Labute approximate surface area is 229 Å². The van der Waals surface area contributed by atoms with Gasteiger partial charge in [-0.3, -0.25) is 14.0 Å². The summed E-state index contributed by atoms with van der Waals surface area (Å²) in [6.07, 6.45) is -1.29. The third kappa shape index (κ3) is 21.2. The molecule has 17 heavy (non-hydrogen) atoms. The third-order valence-corrected chi connectivity index (χ3v) is 2.93. The minimum atomic E-state index is -4.28. The van der Waals surface area contributed by atoms with E-state index in [0.29, 0.717) is 0 Å². The zero-order valence-electron chi connectivity index (χ0n) is 10.9. The molecule has 0 unspecified atom stereocenters. The molecule has 0 saturated heterocycles. The van der Waals surface area contributed by atoms with E-state index in [1.807, 2.05) is 0 Å². The Morgan fingerprint density at radius 2 is 1.12 bits per heavy atom. The summed E-state index contributed by atoms with van der Waals surface area (Å²) in [4.78, 5) is 35.7. The van der Waals surface area contributed by atoms with Gasteiger partial charge >= 0.3 is 15.2 Å². The van der Waals surface area contributed by atoms with E-state index < -0.39 is 27.8 Å². The van der Waals surface area contributed by atoms with Gasteiger partial charge in [-0.05, 0) is 13.8 Å². The van der Waals surface area contributed by atoms with E-state index >= 15 is 0 Å². The molecule has 0 aromatic rings. The van der Waals surface area contributed by atoms with Gasteiger partial charge in [0.15, 0.2) is 0 Å². The summed E-state index contributed by atoms with van der Waals surface area (Å²) >= 11 is 0. The Morgan fingerprint density at radius 1 is 0.882 bits per heavy atom. The van der Waals surface area contributed by atoms with Crippen LogP contribution in [0.2, 0.25) is 0 Å². The van der Waals surface area contributed by atoms with Crippen molar-refractivity contribution in [2.45, 2.75) is 19.9 Å². The maximum Gasteiger partial charge on any atom is 0.339 e. The van der Waals surface area contributed by atoms with Crippen LogP contribution >= 0.6 is 15.2 Å². The first-order valence-electron chi connectivity index (χ1n) is 3.84. The Bertz CT molecular complexity index is 255. The Morgan fingerprint density at radius 3 is 1.24 bits per heavy atom. The average Bonchev–Trinajstić information content (AvgIpc) is 1.78. The van der Waals surface area contributed by atoms with E-state index in [1.54, 1.807) is 13.8 Å². The zero-order valence-corrected chi connectivity index (χ0v) is 22.1. The molecule has 0 aliphatic rings. The van der Waals surface area contributed by atoms with Crippen molar-refractivity contribution in [2.24, 2.45) is 0 Å². The molecule has 89 valence electrons. The van der Waals surface area contributed by atoms with Crippen LogP contribution in [0.25, 0.3) is 0 Å². The van der Waals surface area contributed by atoms with Crippen molar-refractivity contribution < 1.29 is 28.7 Å². The van der Waals surface area contributed by atoms with E-state index in [-0.39, 0.29) is 160 Å². The standard InChI is InChI=1S/C5H15NO6P2.3K/c1-5(2)6(3-13(7,8)9)4-14(10,11)12;;;/h5H,3-4H2,1-2H3,(H2,7,8,9)(H2,10,11,12);;;. The molecule has 4 N–H and O–H groups in total. The maximum atomic E-state index is 10.6.